The maximum Gasteiger partial charge on any atom is 0.280 e. The molecule has 5 heterocycles. The number of H-pyrrole nitrogens is 1. The van der Waals surface area contributed by atoms with E-state index in [2.05, 4.69) is 20.6 Å². The Hall–Kier alpha value is -5.13. The molecule has 0 unspecified atom stereocenters. The molecule has 2 fully saturated rings. The van der Waals surface area contributed by atoms with Gasteiger partial charge >= 0.3 is 0 Å². The van der Waals surface area contributed by atoms with Crippen LogP contribution in [-0.2, 0) is 22.1 Å². The van der Waals surface area contributed by atoms with Crippen LogP contribution in [0.2, 0.25) is 0 Å². The van der Waals surface area contributed by atoms with Gasteiger partial charge in [0.05, 0.1) is 5.41 Å². The van der Waals surface area contributed by atoms with Crippen LogP contribution >= 0.6 is 0 Å². The molecular formula is C26H22N8O4. The number of hydrogen-bond donors (Lipinski definition) is 5. The van der Waals surface area contributed by atoms with E-state index in [1.54, 1.807) is 34.7 Å². The smallest absolute Gasteiger partial charge is 0.280 e. The summed E-state index contributed by atoms with van der Waals surface area (Å²) in [5.74, 6) is -0.104. The molecule has 7 rings (SSSR count). The average molecular weight is 511 g/mol. The highest BCUT2D eigenvalue weighted by atomic mass is 16.3. The quantitative estimate of drug-likeness (QED) is 0.246. The van der Waals surface area contributed by atoms with E-state index in [9.17, 15) is 19.5 Å². The van der Waals surface area contributed by atoms with Gasteiger partial charge in [0.25, 0.3) is 11.5 Å². The van der Waals surface area contributed by atoms with E-state index in [-0.39, 0.29) is 41.1 Å². The van der Waals surface area contributed by atoms with Crippen LogP contribution in [0.1, 0.15) is 23.4 Å². The van der Waals surface area contributed by atoms with Crippen molar-refractivity contribution in [2.45, 2.75) is 24.0 Å². The maximum absolute atomic E-state index is 13.9. The Labute approximate surface area is 214 Å². The van der Waals surface area contributed by atoms with Crippen LogP contribution in [0.25, 0.3) is 17.2 Å². The number of fused-ring (bicyclic) bond motifs is 6. The number of phenols is 1. The largest absolute Gasteiger partial charge is 0.508 e. The highest BCUT2D eigenvalue weighted by molar-refractivity contribution is 6.08. The molecule has 2 aromatic heterocycles. The number of aromatic nitrogens is 4. The summed E-state index contributed by atoms with van der Waals surface area (Å²) in [6.45, 7) is 0. The summed E-state index contributed by atoms with van der Waals surface area (Å²) in [7, 11) is 1.75. The Balaban J connectivity index is 1.42. The SMILES string of the molecule is Cn1c([C@]23C[C@H]4C(=O)N/C(=C\c5ccc(O)cc5)C(=O)N4[C@H]2Nc2ccccc23)nc2c(=O)[nH]c(N)nc21. The number of nitrogens with zero attached hydrogens (tertiary/aromatic N) is 4. The first-order valence-corrected chi connectivity index (χ1v) is 12.0. The van der Waals surface area contributed by atoms with Gasteiger partial charge in [-0.2, -0.15) is 4.98 Å². The summed E-state index contributed by atoms with van der Waals surface area (Å²) in [5, 5.41) is 15.8. The average Bonchev–Trinajstić information content (AvgIpc) is 3.51. The molecule has 12 nitrogen and oxygen atoms in total. The molecule has 3 atom stereocenters. The zero-order chi connectivity index (χ0) is 26.3. The summed E-state index contributed by atoms with van der Waals surface area (Å²) in [6, 6.07) is 13.2. The number of carbonyl (C=O) groups excluding carboxylic acids is 2. The summed E-state index contributed by atoms with van der Waals surface area (Å²) in [6.07, 6.45) is 1.17. The van der Waals surface area contributed by atoms with E-state index in [1.165, 1.54) is 12.1 Å². The van der Waals surface area contributed by atoms with Gasteiger partial charge < -0.3 is 30.9 Å². The molecule has 0 aliphatic carbocycles. The molecule has 6 N–H and O–H groups in total. The van der Waals surface area contributed by atoms with Crippen LogP contribution in [0.15, 0.2) is 59.0 Å². The first-order valence-electron chi connectivity index (χ1n) is 12.0. The lowest BCUT2D eigenvalue weighted by atomic mass is 9.77. The number of aryl methyl sites for hydroxylation is 1. The van der Waals surface area contributed by atoms with Gasteiger partial charge in [-0.3, -0.25) is 19.4 Å². The number of rotatable bonds is 2. The van der Waals surface area contributed by atoms with Crippen molar-refractivity contribution in [2.24, 2.45) is 7.05 Å². The van der Waals surface area contributed by atoms with Gasteiger partial charge in [-0.05, 0) is 41.8 Å². The number of nitrogen functional groups attached to an aromatic ring is 1. The third-order valence-corrected chi connectivity index (χ3v) is 7.67. The van der Waals surface area contributed by atoms with Gasteiger partial charge in [-0.1, -0.05) is 30.3 Å². The lowest BCUT2D eigenvalue weighted by Gasteiger charge is -2.35. The molecule has 2 saturated heterocycles. The van der Waals surface area contributed by atoms with Gasteiger partial charge in [-0.25, -0.2) is 4.98 Å². The van der Waals surface area contributed by atoms with Gasteiger partial charge in [0.15, 0.2) is 11.2 Å². The number of nitrogens with two attached hydrogens (primary N) is 1. The number of nitrogens with one attached hydrogen (secondary N) is 3. The molecule has 3 aliphatic heterocycles. The Morgan fingerprint density at radius 3 is 2.66 bits per heavy atom. The fourth-order valence-corrected chi connectivity index (χ4v) is 6.07. The van der Waals surface area contributed by atoms with Crippen LogP contribution in [0, 0.1) is 0 Å². The minimum Gasteiger partial charge on any atom is -0.508 e. The Kier molecular flexibility index (Phi) is 4.33. The number of benzene rings is 2. The van der Waals surface area contributed by atoms with E-state index in [1.807, 2.05) is 24.3 Å². The van der Waals surface area contributed by atoms with Gasteiger partial charge in [0.1, 0.15) is 29.5 Å². The zero-order valence-electron chi connectivity index (χ0n) is 20.1. The second-order valence-corrected chi connectivity index (χ2v) is 9.75. The fourth-order valence-electron chi connectivity index (χ4n) is 6.07. The number of hydrogen-bond acceptors (Lipinski definition) is 8. The van der Waals surface area contributed by atoms with Crippen molar-refractivity contribution in [2.75, 3.05) is 11.1 Å². The molecule has 12 heteroatoms. The Bertz CT molecular complexity index is 1770. The molecule has 0 bridgehead atoms. The van der Waals surface area contributed by atoms with Crippen LogP contribution < -0.4 is 21.9 Å². The minimum absolute atomic E-state index is 0.0292. The topological polar surface area (TPSA) is 171 Å². The molecule has 38 heavy (non-hydrogen) atoms. The zero-order valence-corrected chi connectivity index (χ0v) is 20.1. The number of carbonyl (C=O) groups is 2. The molecule has 4 aromatic rings. The molecule has 0 radical (unpaired) electrons. The number of para-hydroxylation sites is 1. The molecule has 0 spiro atoms. The van der Waals surface area contributed by atoms with Crippen molar-refractivity contribution < 1.29 is 14.7 Å². The number of phenolic OH excluding ortho intramolecular Hbond substituents is 1. The van der Waals surface area contributed by atoms with E-state index in [0.717, 1.165) is 11.3 Å². The molecule has 2 amide bonds. The van der Waals surface area contributed by atoms with E-state index in [0.29, 0.717) is 17.0 Å². The third-order valence-electron chi connectivity index (χ3n) is 7.67. The standard InChI is InChI=1S/C26H22N8O4/c1-33-19-18(21(37)32-25(27)31-19)30-23(33)26-11-17-20(36)28-16(10-12-6-8-13(35)9-7-12)22(38)34(17)24(26)29-15-5-3-2-4-14(15)26/h2-10,17,24,29,35H,11H2,1H3,(H,28,36)(H3,27,31,32,37)/b16-10-/t17-,24+,26+/m0/s1. The molecule has 0 saturated carbocycles. The fraction of sp³-hybridized carbons (Fsp3) is 0.192. The summed E-state index contributed by atoms with van der Waals surface area (Å²) >= 11 is 0. The summed E-state index contributed by atoms with van der Waals surface area (Å²) < 4.78 is 1.71. The molecule has 2 aromatic carbocycles. The Morgan fingerprint density at radius 1 is 1.11 bits per heavy atom. The van der Waals surface area contributed by atoms with Gasteiger partial charge in [0.2, 0.25) is 11.9 Å². The van der Waals surface area contributed by atoms with Crippen molar-refractivity contribution in [1.29, 1.82) is 0 Å². The number of imidazole rings is 1. The first-order chi connectivity index (χ1) is 18.3. The van der Waals surface area contributed by atoms with Crippen LogP contribution in [0.3, 0.4) is 0 Å². The first kappa shape index (κ1) is 22.1. The monoisotopic (exact) mass is 510 g/mol. The van der Waals surface area contributed by atoms with Crippen molar-refractivity contribution >= 4 is 40.7 Å². The highest BCUT2D eigenvalue weighted by Gasteiger charge is 2.65. The number of amides is 2. The third kappa shape index (κ3) is 2.82. The number of piperazine rings is 1. The van der Waals surface area contributed by atoms with Crippen molar-refractivity contribution in [3.8, 4) is 5.75 Å². The maximum atomic E-state index is 13.9. The predicted octanol–water partition coefficient (Wildman–Crippen LogP) is 0.754. The van der Waals surface area contributed by atoms with E-state index in [4.69, 9.17) is 10.7 Å². The van der Waals surface area contributed by atoms with Gasteiger partial charge in [0, 0.05) is 12.7 Å². The molecule has 190 valence electrons. The summed E-state index contributed by atoms with van der Waals surface area (Å²) in [5.41, 5.74) is 7.29. The van der Waals surface area contributed by atoms with E-state index < -0.39 is 23.2 Å². The lowest BCUT2D eigenvalue weighted by Crippen LogP contribution is -2.58. The van der Waals surface area contributed by atoms with Crippen LogP contribution in [0.5, 0.6) is 5.75 Å². The normalized spacial score (nSPS) is 24.8. The van der Waals surface area contributed by atoms with Crippen LogP contribution in [-0.4, -0.2) is 53.5 Å². The second-order valence-electron chi connectivity index (χ2n) is 9.75. The Morgan fingerprint density at radius 2 is 1.87 bits per heavy atom. The van der Waals surface area contributed by atoms with E-state index >= 15 is 0 Å². The number of aromatic hydroxyl groups is 1. The predicted molar refractivity (Wildman–Crippen MR) is 138 cm³/mol. The minimum atomic E-state index is -0.946. The lowest BCUT2D eigenvalue weighted by molar-refractivity contribution is -0.141. The highest BCUT2D eigenvalue weighted by Crippen LogP contribution is 2.55. The second kappa shape index (κ2) is 7.44. The van der Waals surface area contributed by atoms with Crippen molar-refractivity contribution in [3.05, 3.63) is 81.5 Å². The van der Waals surface area contributed by atoms with Gasteiger partial charge in [-0.15, -0.1) is 0 Å². The number of anilines is 2. The summed E-state index contributed by atoms with van der Waals surface area (Å²) in [4.78, 5) is 53.1. The molecule has 3 aliphatic rings. The molecular weight excluding hydrogens is 488 g/mol. The van der Waals surface area contributed by atoms with Crippen molar-refractivity contribution in [1.82, 2.24) is 29.7 Å². The van der Waals surface area contributed by atoms with Crippen molar-refractivity contribution in [3.63, 3.8) is 0 Å². The van der Waals surface area contributed by atoms with Crippen LogP contribution in [0.4, 0.5) is 11.6 Å². The number of aromatic amines is 1.